The fourth-order valence-corrected chi connectivity index (χ4v) is 2.81. The lowest BCUT2D eigenvalue weighted by Crippen LogP contribution is -2.29. The second kappa shape index (κ2) is 7.85. The molecular weight excluding hydrogens is 318 g/mol. The Morgan fingerprint density at radius 2 is 1.92 bits per heavy atom. The van der Waals surface area contributed by atoms with Crippen LogP contribution in [0, 0.1) is 0 Å². The first kappa shape index (κ1) is 17.0. The van der Waals surface area contributed by atoms with Crippen LogP contribution in [0.3, 0.4) is 0 Å². The predicted octanol–water partition coefficient (Wildman–Crippen LogP) is 2.71. The molecule has 0 fully saturated rings. The molecule has 5 heteroatoms. The highest BCUT2D eigenvalue weighted by Gasteiger charge is 2.20. The molecule has 0 aliphatic carbocycles. The van der Waals surface area contributed by atoms with Crippen molar-refractivity contribution in [2.75, 3.05) is 24.7 Å². The Morgan fingerprint density at radius 3 is 2.64 bits per heavy atom. The number of nitrogens with zero attached hydrogens (tertiary/aromatic N) is 1. The van der Waals surface area contributed by atoms with E-state index in [0.29, 0.717) is 37.7 Å². The maximum Gasteiger partial charge on any atom is 0.250 e. The number of fused-ring (bicyclic) bond motifs is 1. The molecule has 1 heterocycles. The standard InChI is InChI=1S/C20H21NO4/c1-2-19(23)21(17-8-6-15(7-9-17)10-11-22)14-16-4-3-5-18-20(16)25-13-12-24-18/h2-9,22H,1,10-14H2. The van der Waals surface area contributed by atoms with Crippen LogP contribution in [0.15, 0.2) is 55.1 Å². The summed E-state index contributed by atoms with van der Waals surface area (Å²) < 4.78 is 11.3. The molecule has 0 atom stereocenters. The highest BCUT2D eigenvalue weighted by molar-refractivity contribution is 6.01. The number of aliphatic hydroxyl groups is 1. The van der Waals surface area contributed by atoms with E-state index in [1.165, 1.54) is 6.08 Å². The van der Waals surface area contributed by atoms with Crippen LogP contribution in [0.2, 0.25) is 0 Å². The summed E-state index contributed by atoms with van der Waals surface area (Å²) in [5.74, 6) is 1.20. The number of anilines is 1. The second-order valence-electron chi connectivity index (χ2n) is 5.71. The molecule has 0 radical (unpaired) electrons. The summed E-state index contributed by atoms with van der Waals surface area (Å²) in [6.45, 7) is 5.08. The van der Waals surface area contributed by atoms with E-state index >= 15 is 0 Å². The third-order valence-electron chi connectivity index (χ3n) is 4.07. The summed E-state index contributed by atoms with van der Waals surface area (Å²) in [7, 11) is 0. The lowest BCUT2D eigenvalue weighted by molar-refractivity contribution is -0.114. The zero-order chi connectivity index (χ0) is 17.6. The molecule has 3 rings (SSSR count). The van der Waals surface area contributed by atoms with Crippen molar-refractivity contribution < 1.29 is 19.4 Å². The van der Waals surface area contributed by atoms with Crippen molar-refractivity contribution in [3.63, 3.8) is 0 Å². The molecule has 1 aliphatic rings. The first-order chi connectivity index (χ1) is 12.2. The highest BCUT2D eigenvalue weighted by atomic mass is 16.6. The molecule has 0 spiro atoms. The number of hydrogen-bond acceptors (Lipinski definition) is 4. The van der Waals surface area contributed by atoms with E-state index in [4.69, 9.17) is 14.6 Å². The monoisotopic (exact) mass is 339 g/mol. The third-order valence-corrected chi connectivity index (χ3v) is 4.07. The van der Waals surface area contributed by atoms with Crippen molar-refractivity contribution in [3.8, 4) is 11.5 Å². The fraction of sp³-hybridized carbons (Fsp3) is 0.250. The third kappa shape index (κ3) is 3.83. The van der Waals surface area contributed by atoms with Gasteiger partial charge in [0.05, 0.1) is 6.54 Å². The number of rotatable bonds is 6. The van der Waals surface area contributed by atoms with Crippen LogP contribution < -0.4 is 14.4 Å². The normalized spacial score (nSPS) is 12.5. The van der Waals surface area contributed by atoms with Crippen molar-refractivity contribution in [2.24, 2.45) is 0 Å². The van der Waals surface area contributed by atoms with E-state index in [9.17, 15) is 4.79 Å². The Labute approximate surface area is 147 Å². The van der Waals surface area contributed by atoms with Crippen LogP contribution in [0.4, 0.5) is 5.69 Å². The van der Waals surface area contributed by atoms with Crippen LogP contribution in [0.5, 0.6) is 11.5 Å². The van der Waals surface area contributed by atoms with Crippen LogP contribution >= 0.6 is 0 Å². The SMILES string of the molecule is C=CC(=O)N(Cc1cccc2c1OCCO2)c1ccc(CCO)cc1. The van der Waals surface area contributed by atoms with Gasteiger partial charge in [-0.2, -0.15) is 0 Å². The molecule has 0 saturated heterocycles. The molecular formula is C20H21NO4. The first-order valence-corrected chi connectivity index (χ1v) is 8.24. The van der Waals surface area contributed by atoms with E-state index in [-0.39, 0.29) is 12.5 Å². The molecule has 25 heavy (non-hydrogen) atoms. The quantitative estimate of drug-likeness (QED) is 0.822. The van der Waals surface area contributed by atoms with Crippen molar-refractivity contribution in [3.05, 3.63) is 66.2 Å². The van der Waals surface area contributed by atoms with Crippen molar-refractivity contribution in [2.45, 2.75) is 13.0 Å². The maximum absolute atomic E-state index is 12.4. The van der Waals surface area contributed by atoms with E-state index in [0.717, 1.165) is 16.8 Å². The van der Waals surface area contributed by atoms with Crippen LogP contribution in [0.1, 0.15) is 11.1 Å². The van der Waals surface area contributed by atoms with Crippen LogP contribution in [-0.2, 0) is 17.8 Å². The van der Waals surface area contributed by atoms with Gasteiger partial charge in [-0.3, -0.25) is 4.79 Å². The lowest BCUT2D eigenvalue weighted by Gasteiger charge is -2.25. The van der Waals surface area contributed by atoms with Crippen LogP contribution in [0.25, 0.3) is 0 Å². The number of benzene rings is 2. The molecule has 2 aromatic carbocycles. The molecule has 1 aliphatic heterocycles. The number of carbonyl (C=O) groups is 1. The van der Waals surface area contributed by atoms with Gasteiger partial charge in [-0.25, -0.2) is 0 Å². The van der Waals surface area contributed by atoms with Gasteiger partial charge in [0.1, 0.15) is 13.2 Å². The number of ether oxygens (including phenoxy) is 2. The topological polar surface area (TPSA) is 59.0 Å². The molecule has 0 unspecified atom stereocenters. The smallest absolute Gasteiger partial charge is 0.250 e. The largest absolute Gasteiger partial charge is 0.486 e. The van der Waals surface area contributed by atoms with Gasteiger partial charge in [0.2, 0.25) is 0 Å². The van der Waals surface area contributed by atoms with Gasteiger partial charge in [0.25, 0.3) is 5.91 Å². The minimum atomic E-state index is -0.191. The zero-order valence-corrected chi connectivity index (χ0v) is 14.0. The Balaban J connectivity index is 1.89. The van der Waals surface area contributed by atoms with E-state index < -0.39 is 0 Å². The number of hydrogen-bond donors (Lipinski definition) is 1. The van der Waals surface area contributed by atoms with Crippen molar-refractivity contribution in [1.29, 1.82) is 0 Å². The average molecular weight is 339 g/mol. The average Bonchev–Trinajstić information content (AvgIpc) is 2.66. The molecule has 1 amide bonds. The van der Waals surface area contributed by atoms with Gasteiger partial charge in [0.15, 0.2) is 11.5 Å². The predicted molar refractivity (Wildman–Crippen MR) is 96.1 cm³/mol. The summed E-state index contributed by atoms with van der Waals surface area (Å²) in [5, 5.41) is 9.03. The summed E-state index contributed by atoms with van der Waals surface area (Å²) in [5.41, 5.74) is 2.67. The molecule has 130 valence electrons. The summed E-state index contributed by atoms with van der Waals surface area (Å²) >= 11 is 0. The Hall–Kier alpha value is -2.79. The van der Waals surface area contributed by atoms with Gasteiger partial charge in [-0.05, 0) is 36.3 Å². The maximum atomic E-state index is 12.4. The fourth-order valence-electron chi connectivity index (χ4n) is 2.81. The number of para-hydroxylation sites is 1. The van der Waals surface area contributed by atoms with Gasteiger partial charge >= 0.3 is 0 Å². The second-order valence-corrected chi connectivity index (χ2v) is 5.71. The van der Waals surface area contributed by atoms with Gasteiger partial charge in [-0.15, -0.1) is 0 Å². The van der Waals surface area contributed by atoms with E-state index in [2.05, 4.69) is 6.58 Å². The van der Waals surface area contributed by atoms with Crippen LogP contribution in [-0.4, -0.2) is 30.8 Å². The van der Waals surface area contributed by atoms with E-state index in [1.807, 2.05) is 42.5 Å². The van der Waals surface area contributed by atoms with Gasteiger partial charge in [-0.1, -0.05) is 30.8 Å². The van der Waals surface area contributed by atoms with Gasteiger partial charge < -0.3 is 19.5 Å². The molecule has 0 aromatic heterocycles. The molecule has 0 bridgehead atoms. The molecule has 2 aromatic rings. The van der Waals surface area contributed by atoms with Crippen molar-refractivity contribution >= 4 is 11.6 Å². The van der Waals surface area contributed by atoms with Crippen molar-refractivity contribution in [1.82, 2.24) is 0 Å². The van der Waals surface area contributed by atoms with Gasteiger partial charge in [0, 0.05) is 17.9 Å². The lowest BCUT2D eigenvalue weighted by atomic mass is 10.1. The molecule has 5 nitrogen and oxygen atoms in total. The summed E-state index contributed by atoms with van der Waals surface area (Å²) in [6.07, 6.45) is 1.89. The summed E-state index contributed by atoms with van der Waals surface area (Å²) in [4.78, 5) is 14.0. The number of carbonyl (C=O) groups excluding carboxylic acids is 1. The number of aliphatic hydroxyl groups excluding tert-OH is 1. The summed E-state index contributed by atoms with van der Waals surface area (Å²) in [6, 6.07) is 13.3. The Morgan fingerprint density at radius 1 is 1.16 bits per heavy atom. The minimum absolute atomic E-state index is 0.0993. The minimum Gasteiger partial charge on any atom is -0.486 e. The molecule has 1 N–H and O–H groups in total. The Kier molecular flexibility index (Phi) is 5.36. The first-order valence-electron chi connectivity index (χ1n) is 8.24. The Bertz CT molecular complexity index is 755. The number of amides is 1. The van der Waals surface area contributed by atoms with E-state index in [1.54, 1.807) is 4.90 Å². The molecule has 0 saturated carbocycles. The highest BCUT2D eigenvalue weighted by Crippen LogP contribution is 2.35. The zero-order valence-electron chi connectivity index (χ0n) is 14.0.